The lowest BCUT2D eigenvalue weighted by molar-refractivity contribution is -0.0231. The Labute approximate surface area is 117 Å². The molecule has 1 aromatic carbocycles. The first kappa shape index (κ1) is 13.9. The van der Waals surface area contributed by atoms with Gasteiger partial charge in [0.1, 0.15) is 5.75 Å². The van der Waals surface area contributed by atoms with Gasteiger partial charge >= 0.3 is 7.12 Å². The lowest BCUT2D eigenvalue weighted by Crippen LogP contribution is -2.52. The van der Waals surface area contributed by atoms with Crippen molar-refractivity contribution in [1.29, 1.82) is 0 Å². The van der Waals surface area contributed by atoms with Crippen LogP contribution in [-0.4, -0.2) is 25.9 Å². The van der Waals surface area contributed by atoms with E-state index in [1.54, 1.807) is 7.11 Å². The SMILES string of the molecule is COc1ccc(Br)cc1B1O[C@H](C)CC(C)(C)O1. The molecule has 1 atom stereocenters. The minimum Gasteiger partial charge on any atom is -0.497 e. The molecular formula is C13H18BBrO3. The minimum absolute atomic E-state index is 0.169. The Bertz CT molecular complexity index is 436. The summed E-state index contributed by atoms with van der Waals surface area (Å²) < 4.78 is 18.3. The van der Waals surface area contributed by atoms with Crippen LogP contribution in [0.25, 0.3) is 0 Å². The van der Waals surface area contributed by atoms with E-state index in [1.165, 1.54) is 0 Å². The number of halogens is 1. The standard InChI is InChI=1S/C13H18BBrO3/c1-9-8-13(2,3)18-14(17-9)11-7-10(15)5-6-12(11)16-4/h5-7,9H,8H2,1-4H3/t9-/m1/s1. The van der Waals surface area contributed by atoms with Gasteiger partial charge in [0.15, 0.2) is 0 Å². The van der Waals surface area contributed by atoms with Crippen LogP contribution in [0.5, 0.6) is 5.75 Å². The highest BCUT2D eigenvalue weighted by atomic mass is 79.9. The van der Waals surface area contributed by atoms with Crippen LogP contribution in [0, 0.1) is 0 Å². The average molecular weight is 313 g/mol. The van der Waals surface area contributed by atoms with E-state index in [0.717, 1.165) is 22.1 Å². The summed E-state index contributed by atoms with van der Waals surface area (Å²) in [6.07, 6.45) is 1.06. The van der Waals surface area contributed by atoms with Crippen LogP contribution in [0.4, 0.5) is 0 Å². The largest absolute Gasteiger partial charge is 0.498 e. The third kappa shape index (κ3) is 3.08. The van der Waals surface area contributed by atoms with Crippen molar-refractivity contribution < 1.29 is 14.0 Å². The zero-order valence-electron chi connectivity index (χ0n) is 11.2. The van der Waals surface area contributed by atoms with Crippen LogP contribution < -0.4 is 10.2 Å². The van der Waals surface area contributed by atoms with Crippen molar-refractivity contribution in [2.75, 3.05) is 7.11 Å². The fourth-order valence-corrected chi connectivity index (χ4v) is 2.72. The second kappa shape index (κ2) is 5.23. The van der Waals surface area contributed by atoms with E-state index in [1.807, 2.05) is 18.2 Å². The Balaban J connectivity index is 2.32. The molecule has 1 heterocycles. The molecule has 1 fully saturated rings. The molecule has 0 saturated carbocycles. The molecule has 0 bridgehead atoms. The summed E-state index contributed by atoms with van der Waals surface area (Å²) in [5, 5.41) is 0. The Morgan fingerprint density at radius 3 is 2.78 bits per heavy atom. The number of rotatable bonds is 2. The highest BCUT2D eigenvalue weighted by molar-refractivity contribution is 9.10. The lowest BCUT2D eigenvalue weighted by Gasteiger charge is -2.38. The van der Waals surface area contributed by atoms with Gasteiger partial charge in [-0.15, -0.1) is 0 Å². The van der Waals surface area contributed by atoms with E-state index in [9.17, 15) is 0 Å². The van der Waals surface area contributed by atoms with Gasteiger partial charge in [0.25, 0.3) is 0 Å². The van der Waals surface area contributed by atoms with Crippen molar-refractivity contribution in [3.8, 4) is 5.75 Å². The van der Waals surface area contributed by atoms with Crippen molar-refractivity contribution in [2.45, 2.75) is 38.9 Å². The van der Waals surface area contributed by atoms with Crippen LogP contribution in [0.3, 0.4) is 0 Å². The van der Waals surface area contributed by atoms with Crippen molar-refractivity contribution in [2.24, 2.45) is 0 Å². The molecule has 0 N–H and O–H groups in total. The van der Waals surface area contributed by atoms with Gasteiger partial charge < -0.3 is 14.0 Å². The Morgan fingerprint density at radius 1 is 1.44 bits per heavy atom. The van der Waals surface area contributed by atoms with Crippen LogP contribution in [0.1, 0.15) is 27.2 Å². The monoisotopic (exact) mass is 312 g/mol. The third-order valence-corrected chi connectivity index (χ3v) is 3.50. The summed E-state index contributed by atoms with van der Waals surface area (Å²) in [6.45, 7) is 6.24. The van der Waals surface area contributed by atoms with Crippen molar-refractivity contribution in [3.63, 3.8) is 0 Å². The number of hydrogen-bond donors (Lipinski definition) is 0. The molecule has 18 heavy (non-hydrogen) atoms. The van der Waals surface area contributed by atoms with E-state index < -0.39 is 0 Å². The zero-order valence-corrected chi connectivity index (χ0v) is 12.8. The molecule has 3 nitrogen and oxygen atoms in total. The maximum atomic E-state index is 6.00. The molecule has 0 unspecified atom stereocenters. The summed E-state index contributed by atoms with van der Waals surface area (Å²) in [7, 11) is 1.28. The van der Waals surface area contributed by atoms with Gasteiger partial charge in [-0.3, -0.25) is 0 Å². The summed E-state index contributed by atoms with van der Waals surface area (Å²) >= 11 is 3.47. The van der Waals surface area contributed by atoms with E-state index >= 15 is 0 Å². The Kier molecular flexibility index (Phi) is 4.04. The molecule has 5 heteroatoms. The summed E-state index contributed by atoms with van der Waals surface area (Å²) in [5.74, 6) is 0.785. The third-order valence-electron chi connectivity index (χ3n) is 3.01. The van der Waals surface area contributed by atoms with E-state index in [2.05, 4.69) is 36.7 Å². The maximum absolute atomic E-state index is 6.00. The van der Waals surface area contributed by atoms with Gasteiger partial charge in [-0.05, 0) is 45.4 Å². The smallest absolute Gasteiger partial charge is 0.497 e. The zero-order chi connectivity index (χ0) is 13.3. The molecule has 0 spiro atoms. The highest BCUT2D eigenvalue weighted by Crippen LogP contribution is 2.27. The van der Waals surface area contributed by atoms with E-state index in [4.69, 9.17) is 14.0 Å². The number of methoxy groups -OCH3 is 1. The average Bonchev–Trinajstić information content (AvgIpc) is 2.26. The quantitative estimate of drug-likeness (QED) is 0.786. The summed E-state index contributed by atoms with van der Waals surface area (Å²) in [5.41, 5.74) is 0.738. The normalized spacial score (nSPS) is 22.9. The molecule has 2 rings (SSSR count). The first-order valence-electron chi connectivity index (χ1n) is 6.08. The molecule has 0 radical (unpaired) electrons. The van der Waals surface area contributed by atoms with Crippen LogP contribution in [0.15, 0.2) is 22.7 Å². The van der Waals surface area contributed by atoms with Gasteiger partial charge in [-0.1, -0.05) is 15.9 Å². The summed E-state index contributed by atoms with van der Waals surface area (Å²) in [6, 6.07) is 5.84. The molecule has 0 aliphatic carbocycles. The molecule has 1 aromatic rings. The fourth-order valence-electron chi connectivity index (χ4n) is 2.34. The number of hydrogen-bond acceptors (Lipinski definition) is 3. The van der Waals surface area contributed by atoms with Crippen LogP contribution in [0.2, 0.25) is 0 Å². The fraction of sp³-hybridized carbons (Fsp3) is 0.538. The first-order chi connectivity index (χ1) is 8.41. The van der Waals surface area contributed by atoms with Gasteiger partial charge in [-0.2, -0.15) is 0 Å². The predicted molar refractivity (Wildman–Crippen MR) is 76.4 cm³/mol. The van der Waals surface area contributed by atoms with Crippen LogP contribution in [-0.2, 0) is 9.31 Å². The first-order valence-corrected chi connectivity index (χ1v) is 6.87. The van der Waals surface area contributed by atoms with Crippen LogP contribution >= 0.6 is 15.9 Å². The molecule has 1 aliphatic heterocycles. The van der Waals surface area contributed by atoms with Crippen molar-refractivity contribution in [1.82, 2.24) is 0 Å². The molecular weight excluding hydrogens is 295 g/mol. The molecule has 1 saturated heterocycles. The minimum atomic E-state index is -0.379. The van der Waals surface area contributed by atoms with Gasteiger partial charge in [0.05, 0.1) is 12.7 Å². The second-order valence-corrected chi connectivity index (χ2v) is 6.16. The number of benzene rings is 1. The van der Waals surface area contributed by atoms with E-state index in [-0.39, 0.29) is 18.8 Å². The van der Waals surface area contributed by atoms with Gasteiger partial charge in [0, 0.05) is 16.0 Å². The van der Waals surface area contributed by atoms with Crippen molar-refractivity contribution in [3.05, 3.63) is 22.7 Å². The van der Waals surface area contributed by atoms with E-state index in [0.29, 0.717) is 0 Å². The van der Waals surface area contributed by atoms with Gasteiger partial charge in [-0.25, -0.2) is 0 Å². The highest BCUT2D eigenvalue weighted by Gasteiger charge is 2.39. The predicted octanol–water partition coefficient (Wildman–Crippen LogP) is 2.76. The topological polar surface area (TPSA) is 27.7 Å². The molecule has 1 aliphatic rings. The Morgan fingerprint density at radius 2 is 2.17 bits per heavy atom. The number of ether oxygens (including phenoxy) is 1. The summed E-state index contributed by atoms with van der Waals surface area (Å²) in [4.78, 5) is 0. The molecule has 98 valence electrons. The second-order valence-electron chi connectivity index (χ2n) is 5.25. The molecule has 0 aromatic heterocycles. The maximum Gasteiger partial charge on any atom is 0.498 e. The lowest BCUT2D eigenvalue weighted by atomic mass is 9.74. The van der Waals surface area contributed by atoms with Crippen molar-refractivity contribution >= 4 is 28.5 Å². The molecule has 0 amide bonds. The Hall–Kier alpha value is -0.515. The van der Waals surface area contributed by atoms with Gasteiger partial charge in [0.2, 0.25) is 0 Å².